The van der Waals surface area contributed by atoms with E-state index in [0.717, 1.165) is 22.4 Å². The van der Waals surface area contributed by atoms with Crippen LogP contribution in [-0.4, -0.2) is 21.3 Å². The predicted molar refractivity (Wildman–Crippen MR) is 106 cm³/mol. The van der Waals surface area contributed by atoms with Gasteiger partial charge < -0.3 is 9.84 Å². The van der Waals surface area contributed by atoms with Crippen molar-refractivity contribution in [3.8, 4) is 34.0 Å². The van der Waals surface area contributed by atoms with Gasteiger partial charge in [0, 0.05) is 11.6 Å². The lowest BCUT2D eigenvalue weighted by atomic mass is 10.0. The summed E-state index contributed by atoms with van der Waals surface area (Å²) in [7, 11) is 0. The molecule has 0 aliphatic heterocycles. The molecule has 0 aliphatic carbocycles. The van der Waals surface area contributed by atoms with Crippen molar-refractivity contribution in [2.24, 2.45) is 0 Å². The van der Waals surface area contributed by atoms with Crippen LogP contribution in [0.25, 0.3) is 22.4 Å². The molecule has 5 heteroatoms. The fraction of sp³-hybridized carbons (Fsp3) is 0. The van der Waals surface area contributed by atoms with E-state index in [1.54, 1.807) is 30.3 Å². The summed E-state index contributed by atoms with van der Waals surface area (Å²) >= 11 is 0. The van der Waals surface area contributed by atoms with Crippen LogP contribution < -0.4 is 4.74 Å². The maximum absolute atomic E-state index is 10.9. The lowest BCUT2D eigenvalue weighted by molar-refractivity contribution is 0.0697. The molecule has 0 spiro atoms. The highest BCUT2D eigenvalue weighted by molar-refractivity contribution is 5.88. The second kappa shape index (κ2) is 7.72. The van der Waals surface area contributed by atoms with E-state index in [0.29, 0.717) is 11.6 Å². The molecule has 1 aromatic heterocycles. The number of nitrogens with zero attached hydrogens (tertiary/aromatic N) is 2. The maximum atomic E-state index is 10.9. The molecule has 4 rings (SSSR count). The average Bonchev–Trinajstić information content (AvgIpc) is 2.75. The summed E-state index contributed by atoms with van der Waals surface area (Å²) in [4.78, 5) is 10.9. The Hall–Kier alpha value is -3.99. The number of hydrogen-bond donors (Lipinski definition) is 1. The summed E-state index contributed by atoms with van der Waals surface area (Å²) in [6.45, 7) is 0. The van der Waals surface area contributed by atoms with Gasteiger partial charge in [-0.05, 0) is 41.5 Å². The molecule has 1 N–H and O–H groups in total. The van der Waals surface area contributed by atoms with Gasteiger partial charge >= 0.3 is 5.97 Å². The molecule has 0 unspecified atom stereocenters. The Bertz CT molecular complexity index is 1080. The van der Waals surface area contributed by atoms with Crippen molar-refractivity contribution in [2.45, 2.75) is 0 Å². The van der Waals surface area contributed by atoms with Crippen LogP contribution in [0.2, 0.25) is 0 Å². The van der Waals surface area contributed by atoms with Crippen molar-refractivity contribution in [3.63, 3.8) is 0 Å². The van der Waals surface area contributed by atoms with E-state index in [4.69, 9.17) is 9.84 Å². The lowest BCUT2D eigenvalue weighted by Gasteiger charge is -2.07. The number of carboxylic acids is 1. The molecular weight excluding hydrogens is 352 g/mol. The summed E-state index contributed by atoms with van der Waals surface area (Å²) in [6, 6.07) is 27.7. The van der Waals surface area contributed by atoms with E-state index in [1.807, 2.05) is 60.7 Å². The minimum absolute atomic E-state index is 0.265. The predicted octanol–water partition coefficient (Wildman–Crippen LogP) is 5.30. The highest BCUT2D eigenvalue weighted by Gasteiger charge is 2.05. The van der Waals surface area contributed by atoms with Crippen molar-refractivity contribution in [1.82, 2.24) is 10.2 Å². The third-order valence-corrected chi connectivity index (χ3v) is 4.25. The van der Waals surface area contributed by atoms with Crippen LogP contribution in [0.3, 0.4) is 0 Å². The number of ether oxygens (including phenoxy) is 1. The first-order valence-electron chi connectivity index (χ1n) is 8.70. The Morgan fingerprint density at radius 2 is 1.32 bits per heavy atom. The number of rotatable bonds is 5. The molecule has 4 aromatic rings. The van der Waals surface area contributed by atoms with E-state index in [9.17, 15) is 4.79 Å². The van der Waals surface area contributed by atoms with Gasteiger partial charge in [-0.1, -0.05) is 54.6 Å². The van der Waals surface area contributed by atoms with Gasteiger partial charge in [0.15, 0.2) is 0 Å². The quantitative estimate of drug-likeness (QED) is 0.517. The first kappa shape index (κ1) is 17.4. The van der Waals surface area contributed by atoms with Crippen molar-refractivity contribution >= 4 is 5.97 Å². The van der Waals surface area contributed by atoms with E-state index in [-0.39, 0.29) is 5.56 Å². The molecule has 0 aliphatic rings. The largest absolute Gasteiger partial charge is 0.478 e. The highest BCUT2D eigenvalue weighted by Crippen LogP contribution is 2.26. The Balaban J connectivity index is 1.46. The third-order valence-electron chi connectivity index (χ3n) is 4.25. The van der Waals surface area contributed by atoms with Gasteiger partial charge in [-0.3, -0.25) is 0 Å². The normalized spacial score (nSPS) is 10.4. The Morgan fingerprint density at radius 1 is 0.679 bits per heavy atom. The molecule has 1 heterocycles. The van der Waals surface area contributed by atoms with Crippen LogP contribution in [0.1, 0.15) is 10.4 Å². The van der Waals surface area contributed by atoms with E-state index < -0.39 is 5.97 Å². The third kappa shape index (κ3) is 3.88. The first-order chi connectivity index (χ1) is 13.7. The topological polar surface area (TPSA) is 72.3 Å². The monoisotopic (exact) mass is 368 g/mol. The van der Waals surface area contributed by atoms with Crippen molar-refractivity contribution in [2.75, 3.05) is 0 Å². The van der Waals surface area contributed by atoms with Crippen molar-refractivity contribution < 1.29 is 14.6 Å². The highest BCUT2D eigenvalue weighted by atomic mass is 16.5. The van der Waals surface area contributed by atoms with Gasteiger partial charge in [0.1, 0.15) is 5.75 Å². The second-order valence-electron chi connectivity index (χ2n) is 6.13. The van der Waals surface area contributed by atoms with Gasteiger partial charge in [-0.2, -0.15) is 0 Å². The summed E-state index contributed by atoms with van der Waals surface area (Å²) < 4.78 is 5.76. The standard InChI is InChI=1S/C23H16N2O3/c26-23(27)19-8-6-16(7-9-19)17-10-12-20(13-11-17)28-22-15-14-21(24-25-22)18-4-2-1-3-5-18/h1-15H,(H,26,27). The zero-order valence-corrected chi connectivity index (χ0v) is 14.8. The number of carbonyl (C=O) groups is 1. The molecule has 136 valence electrons. The molecule has 0 atom stereocenters. The molecular formula is C23H16N2O3. The Kier molecular flexibility index (Phi) is 4.80. The van der Waals surface area contributed by atoms with Crippen LogP contribution in [0, 0.1) is 0 Å². The van der Waals surface area contributed by atoms with Crippen LogP contribution in [0.5, 0.6) is 11.6 Å². The minimum Gasteiger partial charge on any atom is -0.478 e. The molecule has 0 amide bonds. The van der Waals surface area contributed by atoms with Gasteiger partial charge in [-0.15, -0.1) is 10.2 Å². The molecule has 0 saturated heterocycles. The van der Waals surface area contributed by atoms with Gasteiger partial charge in [0.2, 0.25) is 5.88 Å². The fourth-order valence-electron chi connectivity index (χ4n) is 2.78. The Labute approximate surface area is 161 Å². The molecule has 5 nitrogen and oxygen atoms in total. The van der Waals surface area contributed by atoms with E-state index in [2.05, 4.69) is 10.2 Å². The van der Waals surface area contributed by atoms with Crippen LogP contribution in [0.4, 0.5) is 0 Å². The van der Waals surface area contributed by atoms with E-state index in [1.165, 1.54) is 0 Å². The number of carboxylic acid groups (broad SMARTS) is 1. The molecule has 3 aromatic carbocycles. The molecule has 28 heavy (non-hydrogen) atoms. The van der Waals surface area contributed by atoms with Crippen LogP contribution in [-0.2, 0) is 0 Å². The lowest BCUT2D eigenvalue weighted by Crippen LogP contribution is -1.95. The number of aromatic carboxylic acids is 1. The maximum Gasteiger partial charge on any atom is 0.335 e. The van der Waals surface area contributed by atoms with Crippen molar-refractivity contribution in [1.29, 1.82) is 0 Å². The second-order valence-corrected chi connectivity index (χ2v) is 6.13. The molecule has 0 radical (unpaired) electrons. The Morgan fingerprint density at radius 3 is 1.89 bits per heavy atom. The summed E-state index contributed by atoms with van der Waals surface area (Å²) in [5.74, 6) is 0.126. The van der Waals surface area contributed by atoms with Gasteiger partial charge in [0.05, 0.1) is 11.3 Å². The van der Waals surface area contributed by atoms with Crippen molar-refractivity contribution in [3.05, 3.63) is 96.6 Å². The average molecular weight is 368 g/mol. The van der Waals surface area contributed by atoms with Crippen LogP contribution >= 0.6 is 0 Å². The number of hydrogen-bond acceptors (Lipinski definition) is 4. The minimum atomic E-state index is -0.935. The SMILES string of the molecule is O=C(O)c1ccc(-c2ccc(Oc3ccc(-c4ccccc4)nn3)cc2)cc1. The zero-order chi connectivity index (χ0) is 19.3. The zero-order valence-electron chi connectivity index (χ0n) is 14.8. The fourth-order valence-corrected chi connectivity index (χ4v) is 2.78. The van der Waals surface area contributed by atoms with Gasteiger partial charge in [0.25, 0.3) is 0 Å². The molecule has 0 bridgehead atoms. The smallest absolute Gasteiger partial charge is 0.335 e. The van der Waals surface area contributed by atoms with E-state index >= 15 is 0 Å². The molecule has 0 fully saturated rings. The van der Waals surface area contributed by atoms with Crippen LogP contribution in [0.15, 0.2) is 91.0 Å². The first-order valence-corrected chi connectivity index (χ1v) is 8.70. The summed E-state index contributed by atoms with van der Waals surface area (Å²) in [6.07, 6.45) is 0. The summed E-state index contributed by atoms with van der Waals surface area (Å²) in [5, 5.41) is 17.3. The summed E-state index contributed by atoms with van der Waals surface area (Å²) in [5.41, 5.74) is 3.95. The molecule has 0 saturated carbocycles. The number of aromatic nitrogens is 2. The number of benzene rings is 3. The van der Waals surface area contributed by atoms with Gasteiger partial charge in [-0.25, -0.2) is 4.79 Å².